The second-order valence-corrected chi connectivity index (χ2v) is 16.7. The molecule has 2 aromatic rings. The van der Waals surface area contributed by atoms with Crippen LogP contribution in [0.15, 0.2) is 48.5 Å². The summed E-state index contributed by atoms with van der Waals surface area (Å²) in [5.74, 6) is -0.0351. The van der Waals surface area contributed by atoms with Gasteiger partial charge in [0.25, 0.3) is 0 Å². The average Bonchev–Trinajstić information content (AvgIpc) is 3.64. The van der Waals surface area contributed by atoms with Crippen LogP contribution in [0.2, 0.25) is 0 Å². The highest BCUT2D eigenvalue weighted by Crippen LogP contribution is 2.41. The van der Waals surface area contributed by atoms with E-state index in [1.807, 2.05) is 67.4 Å². The molecule has 0 radical (unpaired) electrons. The summed E-state index contributed by atoms with van der Waals surface area (Å²) in [7, 11) is 7.76. The molecular weight excluding hydrogens is 565 g/mol. The van der Waals surface area contributed by atoms with Crippen molar-refractivity contribution in [2.45, 2.75) is 93.0 Å². The molecule has 0 amide bonds. The van der Waals surface area contributed by atoms with Crippen molar-refractivity contribution in [1.82, 2.24) is 0 Å². The molecule has 212 valence electrons. The predicted octanol–water partition coefficient (Wildman–Crippen LogP) is 9.00. The highest BCUT2D eigenvalue weighted by molar-refractivity contribution is 8.77. The lowest BCUT2D eigenvalue weighted by atomic mass is 9.77. The van der Waals surface area contributed by atoms with Crippen LogP contribution in [0.1, 0.15) is 99.3 Å². The van der Waals surface area contributed by atoms with Gasteiger partial charge in [-0.2, -0.15) is 0 Å². The molecule has 0 spiro atoms. The SMILES string of the molecule is CC(C)(c1ccc(C(CCCC2CCSS2)C(=O)O)cc1)c1ccc(C(CCCC2CCSS2)C(=O)O)cc1. The van der Waals surface area contributed by atoms with Crippen LogP contribution in [0.4, 0.5) is 0 Å². The molecular formula is C31H40O4S4. The summed E-state index contributed by atoms with van der Waals surface area (Å²) in [6, 6.07) is 16.1. The van der Waals surface area contributed by atoms with E-state index in [1.54, 1.807) is 0 Å². The van der Waals surface area contributed by atoms with Crippen LogP contribution in [0.3, 0.4) is 0 Å². The minimum absolute atomic E-state index is 0.288. The number of aliphatic carboxylic acids is 2. The molecule has 2 heterocycles. The second-order valence-electron chi connectivity index (χ2n) is 11.2. The lowest BCUT2D eigenvalue weighted by molar-refractivity contribution is -0.140. The van der Waals surface area contributed by atoms with Crippen molar-refractivity contribution < 1.29 is 19.8 Å². The van der Waals surface area contributed by atoms with Gasteiger partial charge >= 0.3 is 11.9 Å². The maximum atomic E-state index is 12.0. The third kappa shape index (κ3) is 8.40. The van der Waals surface area contributed by atoms with Crippen molar-refractivity contribution in [2.75, 3.05) is 11.5 Å². The standard InChI is InChI=1S/C31H40O4S4/c1-31(2,23-13-9-21(10-14-23)27(29(32)33)7-3-5-25-17-19-36-38-25)24-15-11-22(12-16-24)28(30(34)35)8-4-6-26-18-20-37-39-26/h9-16,25-28H,3-8,17-20H2,1-2H3,(H,32,33)(H,34,35). The lowest BCUT2D eigenvalue weighted by Gasteiger charge is -2.27. The first kappa shape index (κ1) is 30.7. The van der Waals surface area contributed by atoms with E-state index in [0.29, 0.717) is 23.3 Å². The zero-order valence-electron chi connectivity index (χ0n) is 22.8. The maximum Gasteiger partial charge on any atom is 0.310 e. The average molecular weight is 605 g/mol. The molecule has 4 nitrogen and oxygen atoms in total. The Morgan fingerprint density at radius 3 is 1.44 bits per heavy atom. The van der Waals surface area contributed by atoms with Crippen molar-refractivity contribution in [1.29, 1.82) is 0 Å². The van der Waals surface area contributed by atoms with Gasteiger partial charge in [0.1, 0.15) is 0 Å². The summed E-state index contributed by atoms with van der Waals surface area (Å²) < 4.78 is 0. The molecule has 2 aliphatic rings. The van der Waals surface area contributed by atoms with E-state index in [2.05, 4.69) is 38.1 Å². The summed E-state index contributed by atoms with van der Waals surface area (Å²) in [5.41, 5.74) is 3.67. The maximum absolute atomic E-state index is 12.0. The van der Waals surface area contributed by atoms with Crippen LogP contribution in [0.5, 0.6) is 0 Å². The van der Waals surface area contributed by atoms with E-state index < -0.39 is 23.8 Å². The Balaban J connectivity index is 1.38. The van der Waals surface area contributed by atoms with Crippen LogP contribution in [0, 0.1) is 0 Å². The Morgan fingerprint density at radius 2 is 1.13 bits per heavy atom. The number of rotatable bonds is 14. The molecule has 2 N–H and O–H groups in total. The van der Waals surface area contributed by atoms with E-state index in [4.69, 9.17) is 0 Å². The number of benzene rings is 2. The van der Waals surface area contributed by atoms with Crippen molar-refractivity contribution in [3.05, 3.63) is 70.8 Å². The van der Waals surface area contributed by atoms with Crippen LogP contribution < -0.4 is 0 Å². The first-order chi connectivity index (χ1) is 18.8. The quantitative estimate of drug-likeness (QED) is 0.207. The molecule has 39 heavy (non-hydrogen) atoms. The monoisotopic (exact) mass is 604 g/mol. The largest absolute Gasteiger partial charge is 0.481 e. The van der Waals surface area contributed by atoms with Crippen LogP contribution in [-0.2, 0) is 15.0 Å². The van der Waals surface area contributed by atoms with Crippen LogP contribution in [-0.4, -0.2) is 44.2 Å². The Hall–Kier alpha value is -1.22. The molecule has 8 heteroatoms. The summed E-state index contributed by atoms with van der Waals surface area (Å²) in [5, 5.41) is 21.1. The molecule has 0 aliphatic carbocycles. The smallest absolute Gasteiger partial charge is 0.310 e. The molecule has 2 aromatic carbocycles. The second kappa shape index (κ2) is 14.6. The van der Waals surface area contributed by atoms with Gasteiger partial charge in [-0.15, -0.1) is 0 Å². The molecule has 4 rings (SSSR count). The van der Waals surface area contributed by atoms with Gasteiger partial charge in [-0.25, -0.2) is 0 Å². The van der Waals surface area contributed by atoms with E-state index in [9.17, 15) is 19.8 Å². The molecule has 0 aromatic heterocycles. The third-order valence-corrected chi connectivity index (χ3v) is 14.2. The Kier molecular flexibility index (Phi) is 11.5. The van der Waals surface area contributed by atoms with Crippen molar-refractivity contribution in [3.63, 3.8) is 0 Å². The van der Waals surface area contributed by atoms with E-state index >= 15 is 0 Å². The zero-order chi connectivity index (χ0) is 27.8. The molecule has 2 fully saturated rings. The Morgan fingerprint density at radius 1 is 0.744 bits per heavy atom. The lowest BCUT2D eigenvalue weighted by Crippen LogP contribution is -2.20. The van der Waals surface area contributed by atoms with E-state index in [1.165, 1.54) is 24.3 Å². The van der Waals surface area contributed by atoms with Gasteiger partial charge in [0.15, 0.2) is 0 Å². The summed E-state index contributed by atoms with van der Waals surface area (Å²) in [6.07, 6.45) is 7.85. The van der Waals surface area contributed by atoms with Crippen molar-refractivity contribution in [3.8, 4) is 0 Å². The normalized spacial score (nSPS) is 21.1. The van der Waals surface area contributed by atoms with Crippen LogP contribution >= 0.6 is 43.2 Å². The third-order valence-electron chi connectivity index (χ3n) is 8.16. The van der Waals surface area contributed by atoms with Gasteiger partial charge < -0.3 is 10.2 Å². The molecule has 2 saturated heterocycles. The Labute approximate surface area is 249 Å². The zero-order valence-corrected chi connectivity index (χ0v) is 26.1. The highest BCUT2D eigenvalue weighted by Gasteiger charge is 2.27. The fraction of sp³-hybridized carbons (Fsp3) is 0.548. The van der Waals surface area contributed by atoms with Gasteiger partial charge in [-0.05, 0) is 60.8 Å². The minimum Gasteiger partial charge on any atom is -0.481 e. The number of carboxylic acids is 2. The first-order valence-corrected chi connectivity index (χ1v) is 18.7. The first-order valence-electron chi connectivity index (χ1n) is 14.0. The molecule has 2 aliphatic heterocycles. The van der Waals surface area contributed by atoms with Gasteiger partial charge in [0, 0.05) is 27.4 Å². The molecule has 0 saturated carbocycles. The summed E-state index contributed by atoms with van der Waals surface area (Å²) >= 11 is 0. The molecule has 4 unspecified atom stereocenters. The van der Waals surface area contributed by atoms with E-state index in [0.717, 1.165) is 47.9 Å². The number of hydrogen-bond donors (Lipinski definition) is 2. The van der Waals surface area contributed by atoms with Gasteiger partial charge in [-0.3, -0.25) is 9.59 Å². The number of hydrogen-bond acceptors (Lipinski definition) is 6. The van der Waals surface area contributed by atoms with Gasteiger partial charge in [0.05, 0.1) is 11.8 Å². The van der Waals surface area contributed by atoms with E-state index in [-0.39, 0.29) is 5.41 Å². The number of carbonyl (C=O) groups is 2. The number of carboxylic acid groups (broad SMARTS) is 2. The fourth-order valence-electron chi connectivity index (χ4n) is 5.52. The molecule has 0 bridgehead atoms. The fourth-order valence-corrected chi connectivity index (χ4v) is 11.6. The van der Waals surface area contributed by atoms with Crippen LogP contribution in [0.25, 0.3) is 0 Å². The summed E-state index contributed by atoms with van der Waals surface area (Å²) in [6.45, 7) is 4.32. The minimum atomic E-state index is -0.750. The van der Waals surface area contributed by atoms with Gasteiger partial charge in [0.2, 0.25) is 0 Å². The Bertz CT molecular complexity index is 989. The van der Waals surface area contributed by atoms with Gasteiger partial charge in [-0.1, -0.05) is 118 Å². The summed E-state index contributed by atoms with van der Waals surface area (Å²) in [4.78, 5) is 24.1. The van der Waals surface area contributed by atoms with Crippen molar-refractivity contribution in [2.24, 2.45) is 0 Å². The molecule has 4 atom stereocenters. The van der Waals surface area contributed by atoms with Crippen molar-refractivity contribution >= 4 is 55.1 Å². The topological polar surface area (TPSA) is 74.6 Å². The highest BCUT2D eigenvalue weighted by atomic mass is 33.1. The predicted molar refractivity (Wildman–Crippen MR) is 170 cm³/mol.